The lowest BCUT2D eigenvalue weighted by Crippen LogP contribution is -2.19. The maximum atomic E-state index is 12.9. The number of nitrogens with zero attached hydrogens (tertiary/aromatic N) is 1. The highest BCUT2D eigenvalue weighted by atomic mass is 35.5. The number of hydrogen-bond donors (Lipinski definition) is 1. The van der Waals surface area contributed by atoms with Crippen LogP contribution in [0.1, 0.15) is 47.8 Å². The van der Waals surface area contributed by atoms with Gasteiger partial charge in [-0.1, -0.05) is 30.5 Å². The monoisotopic (exact) mass is 358 g/mol. The predicted molar refractivity (Wildman–Crippen MR) is 101 cm³/mol. The smallest absolute Gasteiger partial charge is 0.272 e. The van der Waals surface area contributed by atoms with E-state index in [2.05, 4.69) is 21.3 Å². The average molecular weight is 359 g/mol. The largest absolute Gasteiger partial charge is 0.333 e. The SMILES string of the molecule is Cc1ccc(NC(=O)c2cc3sccc3n2C2CCCC2)cc1Cl. The molecule has 0 unspecified atom stereocenters. The summed E-state index contributed by atoms with van der Waals surface area (Å²) in [5.41, 5.74) is 3.67. The second-order valence-corrected chi connectivity index (χ2v) is 7.78. The number of thiophene rings is 1. The molecule has 1 aromatic carbocycles. The van der Waals surface area contributed by atoms with Crippen LogP contribution >= 0.6 is 22.9 Å². The van der Waals surface area contributed by atoms with Gasteiger partial charge in [0.2, 0.25) is 0 Å². The average Bonchev–Trinajstić information content (AvgIpc) is 3.26. The highest BCUT2D eigenvalue weighted by Gasteiger charge is 2.25. The lowest BCUT2D eigenvalue weighted by Gasteiger charge is -2.17. The standard InChI is InChI=1S/C19H19ClN2OS/c1-12-6-7-13(10-15(12)20)21-19(23)17-11-18-16(8-9-24-18)22(17)14-4-2-3-5-14/h6-11,14H,2-5H2,1H3,(H,21,23). The molecular formula is C19H19ClN2OS. The molecule has 1 aliphatic rings. The van der Waals surface area contributed by atoms with E-state index >= 15 is 0 Å². The van der Waals surface area contributed by atoms with E-state index in [1.807, 2.05) is 25.1 Å². The molecule has 1 N–H and O–H groups in total. The molecule has 5 heteroatoms. The zero-order valence-electron chi connectivity index (χ0n) is 13.5. The van der Waals surface area contributed by atoms with Gasteiger partial charge in [-0.15, -0.1) is 11.3 Å². The molecular weight excluding hydrogens is 340 g/mol. The number of rotatable bonds is 3. The van der Waals surface area contributed by atoms with Crippen LogP contribution < -0.4 is 5.32 Å². The molecule has 0 radical (unpaired) electrons. The Balaban J connectivity index is 1.69. The predicted octanol–water partition coefficient (Wildman–Crippen LogP) is 6.03. The second-order valence-electron chi connectivity index (χ2n) is 6.43. The number of benzene rings is 1. The Morgan fingerprint density at radius 1 is 1.25 bits per heavy atom. The maximum Gasteiger partial charge on any atom is 0.272 e. The number of fused-ring (bicyclic) bond motifs is 1. The molecule has 0 saturated heterocycles. The van der Waals surface area contributed by atoms with Crippen molar-refractivity contribution in [3.63, 3.8) is 0 Å². The maximum absolute atomic E-state index is 12.9. The van der Waals surface area contributed by atoms with Gasteiger partial charge in [-0.2, -0.15) is 0 Å². The number of halogens is 1. The first kappa shape index (κ1) is 15.7. The van der Waals surface area contributed by atoms with E-state index in [-0.39, 0.29) is 5.91 Å². The van der Waals surface area contributed by atoms with E-state index in [0.717, 1.165) is 29.8 Å². The summed E-state index contributed by atoms with van der Waals surface area (Å²) < 4.78 is 3.42. The minimum absolute atomic E-state index is 0.0646. The van der Waals surface area contributed by atoms with Crippen molar-refractivity contribution in [3.05, 3.63) is 52.0 Å². The first-order chi connectivity index (χ1) is 11.6. The molecule has 3 aromatic rings. The lowest BCUT2D eigenvalue weighted by atomic mass is 10.2. The number of aryl methyl sites for hydroxylation is 1. The molecule has 0 atom stereocenters. The van der Waals surface area contributed by atoms with Crippen molar-refractivity contribution in [1.82, 2.24) is 4.57 Å². The Kier molecular flexibility index (Phi) is 4.10. The fourth-order valence-corrected chi connectivity index (χ4v) is 4.53. The van der Waals surface area contributed by atoms with Crippen LogP contribution in [0, 0.1) is 6.92 Å². The molecule has 1 saturated carbocycles. The summed E-state index contributed by atoms with van der Waals surface area (Å²) in [6, 6.07) is 10.2. The number of aromatic nitrogens is 1. The molecule has 4 rings (SSSR count). The van der Waals surface area contributed by atoms with Crippen LogP contribution in [0.4, 0.5) is 5.69 Å². The fraction of sp³-hybridized carbons (Fsp3) is 0.316. The van der Waals surface area contributed by atoms with Crippen molar-refractivity contribution in [1.29, 1.82) is 0 Å². The van der Waals surface area contributed by atoms with Gasteiger partial charge in [-0.25, -0.2) is 0 Å². The first-order valence-electron chi connectivity index (χ1n) is 8.29. The molecule has 0 bridgehead atoms. The summed E-state index contributed by atoms with van der Waals surface area (Å²) >= 11 is 7.86. The number of carbonyl (C=O) groups excluding carboxylic acids is 1. The third-order valence-electron chi connectivity index (χ3n) is 4.81. The van der Waals surface area contributed by atoms with Gasteiger partial charge < -0.3 is 9.88 Å². The first-order valence-corrected chi connectivity index (χ1v) is 9.55. The minimum Gasteiger partial charge on any atom is -0.333 e. The molecule has 1 aliphatic carbocycles. The second kappa shape index (κ2) is 6.26. The topological polar surface area (TPSA) is 34.0 Å². The van der Waals surface area contributed by atoms with Crippen LogP contribution in [-0.2, 0) is 0 Å². The van der Waals surface area contributed by atoms with E-state index in [1.165, 1.54) is 23.1 Å². The molecule has 3 nitrogen and oxygen atoms in total. The Bertz CT molecular complexity index is 905. The number of anilines is 1. The van der Waals surface area contributed by atoms with Gasteiger partial charge in [-0.3, -0.25) is 4.79 Å². The van der Waals surface area contributed by atoms with E-state index in [4.69, 9.17) is 11.6 Å². The van der Waals surface area contributed by atoms with E-state index < -0.39 is 0 Å². The minimum atomic E-state index is -0.0646. The Labute approximate surface area is 150 Å². The van der Waals surface area contributed by atoms with Crippen molar-refractivity contribution < 1.29 is 4.79 Å². The summed E-state index contributed by atoms with van der Waals surface area (Å²) in [6.45, 7) is 1.95. The summed E-state index contributed by atoms with van der Waals surface area (Å²) in [5, 5.41) is 5.76. The number of nitrogens with one attached hydrogen (secondary N) is 1. The summed E-state index contributed by atoms with van der Waals surface area (Å²) in [4.78, 5) is 12.9. The summed E-state index contributed by atoms with van der Waals surface area (Å²) in [5.74, 6) is -0.0646. The Morgan fingerprint density at radius 3 is 2.79 bits per heavy atom. The lowest BCUT2D eigenvalue weighted by molar-refractivity contribution is 0.101. The van der Waals surface area contributed by atoms with Gasteiger partial charge in [-0.05, 0) is 55.0 Å². The normalized spacial score (nSPS) is 15.2. The van der Waals surface area contributed by atoms with Crippen LogP contribution in [0.15, 0.2) is 35.7 Å². The Hall–Kier alpha value is -1.78. The quantitative estimate of drug-likeness (QED) is 0.609. The van der Waals surface area contributed by atoms with Crippen LogP contribution in [0.2, 0.25) is 5.02 Å². The fourth-order valence-electron chi connectivity index (χ4n) is 3.54. The van der Waals surface area contributed by atoms with Crippen LogP contribution in [0.3, 0.4) is 0 Å². The number of hydrogen-bond acceptors (Lipinski definition) is 2. The van der Waals surface area contributed by atoms with Gasteiger partial charge in [0.25, 0.3) is 5.91 Å². The third kappa shape index (κ3) is 2.74. The van der Waals surface area contributed by atoms with E-state index in [1.54, 1.807) is 17.4 Å². The van der Waals surface area contributed by atoms with Crippen molar-refractivity contribution in [2.24, 2.45) is 0 Å². The van der Waals surface area contributed by atoms with Crippen LogP contribution in [-0.4, -0.2) is 10.5 Å². The third-order valence-corrected chi connectivity index (χ3v) is 6.07. The molecule has 2 heterocycles. The van der Waals surface area contributed by atoms with Gasteiger partial charge in [0, 0.05) is 16.8 Å². The summed E-state index contributed by atoms with van der Waals surface area (Å²) in [6.07, 6.45) is 4.78. The van der Waals surface area contributed by atoms with Crippen molar-refractivity contribution in [2.75, 3.05) is 5.32 Å². The zero-order valence-corrected chi connectivity index (χ0v) is 15.1. The van der Waals surface area contributed by atoms with Gasteiger partial charge >= 0.3 is 0 Å². The van der Waals surface area contributed by atoms with Crippen molar-refractivity contribution in [3.8, 4) is 0 Å². The highest BCUT2D eigenvalue weighted by Crippen LogP contribution is 2.36. The molecule has 2 aromatic heterocycles. The molecule has 124 valence electrons. The van der Waals surface area contributed by atoms with Crippen molar-refractivity contribution in [2.45, 2.75) is 38.6 Å². The zero-order chi connectivity index (χ0) is 16.7. The summed E-state index contributed by atoms with van der Waals surface area (Å²) in [7, 11) is 0. The van der Waals surface area contributed by atoms with Crippen LogP contribution in [0.5, 0.6) is 0 Å². The van der Waals surface area contributed by atoms with Gasteiger partial charge in [0.05, 0.1) is 10.2 Å². The number of amides is 1. The number of carbonyl (C=O) groups is 1. The Morgan fingerprint density at radius 2 is 2.04 bits per heavy atom. The van der Waals surface area contributed by atoms with Crippen molar-refractivity contribution >= 4 is 44.7 Å². The molecule has 1 fully saturated rings. The van der Waals surface area contributed by atoms with Crippen LogP contribution in [0.25, 0.3) is 10.2 Å². The van der Waals surface area contributed by atoms with E-state index in [9.17, 15) is 4.79 Å². The highest BCUT2D eigenvalue weighted by molar-refractivity contribution is 7.17. The molecule has 24 heavy (non-hydrogen) atoms. The van der Waals surface area contributed by atoms with Gasteiger partial charge in [0.15, 0.2) is 0 Å². The van der Waals surface area contributed by atoms with Gasteiger partial charge in [0.1, 0.15) is 5.69 Å². The molecule has 1 amide bonds. The molecule has 0 aliphatic heterocycles. The molecule has 0 spiro atoms. The van der Waals surface area contributed by atoms with E-state index in [0.29, 0.717) is 11.1 Å².